The van der Waals surface area contributed by atoms with Crippen LogP contribution in [0.25, 0.3) is 10.8 Å². The summed E-state index contributed by atoms with van der Waals surface area (Å²) in [7, 11) is 1.80. The van der Waals surface area contributed by atoms with Crippen LogP contribution >= 0.6 is 12.2 Å². The molecule has 2 heterocycles. The van der Waals surface area contributed by atoms with Crippen molar-refractivity contribution in [3.05, 3.63) is 54.1 Å². The van der Waals surface area contributed by atoms with E-state index in [9.17, 15) is 0 Å². The third-order valence-corrected chi connectivity index (χ3v) is 7.87. The summed E-state index contributed by atoms with van der Waals surface area (Å²) in [5, 5.41) is 9.94. The highest BCUT2D eigenvalue weighted by Gasteiger charge is 2.71. The van der Waals surface area contributed by atoms with Gasteiger partial charge in [-0.3, -0.25) is 0 Å². The molecule has 33 heavy (non-hydrogen) atoms. The Morgan fingerprint density at radius 3 is 2.70 bits per heavy atom. The van der Waals surface area contributed by atoms with Crippen LogP contribution in [0.1, 0.15) is 40.0 Å². The van der Waals surface area contributed by atoms with Crippen molar-refractivity contribution in [2.45, 2.75) is 69.5 Å². The fourth-order valence-electron chi connectivity index (χ4n) is 5.80. The van der Waals surface area contributed by atoms with Gasteiger partial charge in [0.1, 0.15) is 5.60 Å². The second-order valence-corrected chi connectivity index (χ2v) is 10.5. The smallest absolute Gasteiger partial charge is 0.171 e. The normalized spacial score (nSPS) is 34.7. The van der Waals surface area contributed by atoms with Crippen LogP contribution in [-0.4, -0.2) is 48.3 Å². The molecule has 176 valence electrons. The molecule has 1 saturated carbocycles. The zero-order valence-electron chi connectivity index (χ0n) is 19.9. The lowest BCUT2D eigenvalue weighted by molar-refractivity contribution is -0.0641. The Bertz CT molecular complexity index is 1070. The van der Waals surface area contributed by atoms with Gasteiger partial charge in [-0.1, -0.05) is 48.0 Å². The minimum absolute atomic E-state index is 0.0461. The van der Waals surface area contributed by atoms with Crippen molar-refractivity contribution < 1.29 is 14.2 Å². The van der Waals surface area contributed by atoms with Gasteiger partial charge in [0, 0.05) is 24.1 Å². The van der Waals surface area contributed by atoms with E-state index in [1.54, 1.807) is 7.11 Å². The van der Waals surface area contributed by atoms with Crippen LogP contribution in [0.4, 0.5) is 5.69 Å². The van der Waals surface area contributed by atoms with Gasteiger partial charge < -0.3 is 24.8 Å². The van der Waals surface area contributed by atoms with Crippen LogP contribution in [-0.2, 0) is 14.2 Å². The lowest BCUT2D eigenvalue weighted by Gasteiger charge is -2.43. The molecule has 1 spiro atoms. The van der Waals surface area contributed by atoms with Crippen molar-refractivity contribution in [2.75, 3.05) is 19.0 Å². The second kappa shape index (κ2) is 8.66. The van der Waals surface area contributed by atoms with Crippen LogP contribution in [0.3, 0.4) is 0 Å². The third-order valence-electron chi connectivity index (χ3n) is 7.65. The molecule has 0 aromatic heterocycles. The molecule has 5 rings (SSSR count). The fourth-order valence-corrected chi connectivity index (χ4v) is 6.06. The highest BCUT2D eigenvalue weighted by molar-refractivity contribution is 7.80. The molecule has 2 aromatic carbocycles. The molecule has 2 saturated heterocycles. The Labute approximate surface area is 201 Å². The molecular formula is C27H34N2O3S. The van der Waals surface area contributed by atoms with Gasteiger partial charge in [0.25, 0.3) is 0 Å². The van der Waals surface area contributed by atoms with Crippen LogP contribution in [0.2, 0.25) is 0 Å². The van der Waals surface area contributed by atoms with E-state index < -0.39 is 0 Å². The van der Waals surface area contributed by atoms with Crippen LogP contribution in [0.15, 0.2) is 54.1 Å². The number of methoxy groups -OCH3 is 1. The van der Waals surface area contributed by atoms with Crippen molar-refractivity contribution in [1.82, 2.24) is 5.32 Å². The van der Waals surface area contributed by atoms with E-state index >= 15 is 0 Å². The first-order valence-electron chi connectivity index (χ1n) is 11.9. The van der Waals surface area contributed by atoms with E-state index in [2.05, 4.69) is 67.8 Å². The second-order valence-electron chi connectivity index (χ2n) is 10.1. The van der Waals surface area contributed by atoms with Crippen molar-refractivity contribution in [3.8, 4) is 0 Å². The predicted molar refractivity (Wildman–Crippen MR) is 137 cm³/mol. The molecule has 1 aliphatic carbocycles. The van der Waals surface area contributed by atoms with Gasteiger partial charge in [-0.05, 0) is 63.7 Å². The first-order chi connectivity index (χ1) is 15.9. The Hall–Kier alpha value is -1.99. The number of hydrogen-bond acceptors (Lipinski definition) is 4. The number of ether oxygens (including phenoxy) is 3. The number of rotatable bonds is 6. The number of allylic oxidation sites excluding steroid dienone is 1. The molecule has 3 fully saturated rings. The van der Waals surface area contributed by atoms with E-state index in [1.165, 1.54) is 11.0 Å². The molecule has 0 unspecified atom stereocenters. The lowest BCUT2D eigenvalue weighted by atomic mass is 9.67. The number of thiocarbonyl (C=S) groups is 1. The number of epoxide rings is 2. The van der Waals surface area contributed by atoms with Crippen molar-refractivity contribution >= 4 is 33.8 Å². The van der Waals surface area contributed by atoms with Crippen LogP contribution < -0.4 is 10.6 Å². The van der Waals surface area contributed by atoms with Crippen molar-refractivity contribution in [1.29, 1.82) is 0 Å². The zero-order valence-corrected chi connectivity index (χ0v) is 20.7. The van der Waals surface area contributed by atoms with Crippen molar-refractivity contribution in [2.24, 2.45) is 5.92 Å². The van der Waals surface area contributed by atoms with Gasteiger partial charge in [-0.25, -0.2) is 0 Å². The summed E-state index contributed by atoms with van der Waals surface area (Å²) in [5.74, 6) is 0.164. The summed E-state index contributed by atoms with van der Waals surface area (Å²) >= 11 is 5.75. The SMILES string of the molecule is CO[C@@H]1[C@H](NC(=S)Nc2cccc3ccccc23)CC[C@]2(CO2)[C@H]1[C@@]1(C)O[C@@H]1CC=C(C)C. The van der Waals surface area contributed by atoms with Gasteiger partial charge in [0.15, 0.2) is 5.11 Å². The number of fused-ring (bicyclic) bond motifs is 1. The first-order valence-corrected chi connectivity index (χ1v) is 12.3. The van der Waals surface area contributed by atoms with Crippen LogP contribution in [0, 0.1) is 5.92 Å². The lowest BCUT2D eigenvalue weighted by Crippen LogP contribution is -2.59. The van der Waals surface area contributed by atoms with Gasteiger partial charge in [-0.15, -0.1) is 0 Å². The molecule has 2 N–H and O–H groups in total. The molecule has 2 aromatic rings. The van der Waals surface area contributed by atoms with E-state index in [-0.39, 0.29) is 35.4 Å². The largest absolute Gasteiger partial charge is 0.379 e. The summed E-state index contributed by atoms with van der Waals surface area (Å²) in [5.41, 5.74) is 1.96. The summed E-state index contributed by atoms with van der Waals surface area (Å²) in [6, 6.07) is 14.6. The topological polar surface area (TPSA) is 58.4 Å². The molecule has 3 aliphatic rings. The van der Waals surface area contributed by atoms with E-state index in [4.69, 9.17) is 26.4 Å². The average Bonchev–Trinajstić information content (AvgIpc) is 3.71. The molecule has 6 heteroatoms. The summed E-state index contributed by atoms with van der Waals surface area (Å²) in [4.78, 5) is 0. The Kier molecular flexibility index (Phi) is 5.98. The van der Waals surface area contributed by atoms with Gasteiger partial charge in [0.05, 0.1) is 30.5 Å². The van der Waals surface area contributed by atoms with Gasteiger partial charge >= 0.3 is 0 Å². The van der Waals surface area contributed by atoms with E-state index in [0.717, 1.165) is 36.9 Å². The maximum Gasteiger partial charge on any atom is 0.171 e. The van der Waals surface area contributed by atoms with Gasteiger partial charge in [-0.2, -0.15) is 0 Å². The van der Waals surface area contributed by atoms with Crippen molar-refractivity contribution in [3.63, 3.8) is 0 Å². The van der Waals surface area contributed by atoms with Gasteiger partial charge in [0.2, 0.25) is 0 Å². The average molecular weight is 467 g/mol. The molecule has 6 atom stereocenters. The summed E-state index contributed by atoms with van der Waals surface area (Å²) in [6.45, 7) is 7.28. The molecule has 2 aliphatic heterocycles. The molecule has 0 bridgehead atoms. The maximum atomic E-state index is 6.32. The van der Waals surface area contributed by atoms with Crippen LogP contribution in [0.5, 0.6) is 0 Å². The molecule has 5 nitrogen and oxygen atoms in total. The van der Waals surface area contributed by atoms with E-state index in [0.29, 0.717) is 5.11 Å². The van der Waals surface area contributed by atoms with E-state index in [1.807, 2.05) is 12.1 Å². The number of anilines is 1. The Morgan fingerprint density at radius 2 is 1.97 bits per heavy atom. The third kappa shape index (κ3) is 4.30. The highest BCUT2D eigenvalue weighted by atomic mass is 32.1. The number of hydrogen-bond donors (Lipinski definition) is 2. The molecule has 0 radical (unpaired) electrons. The Morgan fingerprint density at radius 1 is 1.21 bits per heavy atom. The quantitative estimate of drug-likeness (QED) is 0.347. The highest BCUT2D eigenvalue weighted by Crippen LogP contribution is 2.59. The number of benzene rings is 2. The summed E-state index contributed by atoms with van der Waals surface area (Å²) in [6.07, 6.45) is 5.29. The standard InChI is InChI=1S/C27H34N2O3S/c1-17(2)12-13-22-26(3,32-22)24-23(30-4)21(14-15-27(24)16-31-27)29-25(33)28-20-11-7-9-18-8-5-6-10-19(18)20/h5-12,21-24H,13-16H2,1-4H3,(H2,28,29,33)/t21-,22-,23-,24-,26+,27+/m1/s1. The zero-order chi connectivity index (χ0) is 23.2. The maximum absolute atomic E-state index is 6.32. The predicted octanol–water partition coefficient (Wildman–Crippen LogP) is 5.20. The summed E-state index contributed by atoms with van der Waals surface area (Å²) < 4.78 is 18.5. The Balaban J connectivity index is 1.32. The minimum Gasteiger partial charge on any atom is -0.379 e. The molecular weight excluding hydrogens is 432 g/mol. The number of nitrogens with one attached hydrogen (secondary N) is 2. The fraction of sp³-hybridized carbons (Fsp3) is 0.519. The monoisotopic (exact) mass is 466 g/mol. The first kappa shape index (κ1) is 22.8. The minimum atomic E-state index is -0.242. The molecule has 0 amide bonds.